The van der Waals surface area contributed by atoms with E-state index < -0.39 is 137 Å². The van der Waals surface area contributed by atoms with Gasteiger partial charge in [0.2, 0.25) is 59.1 Å². The molecular weight excluding hydrogens is 1140 g/mol. The molecule has 0 aromatic rings. The molecule has 0 bridgehead atoms. The lowest BCUT2D eigenvalue weighted by Crippen LogP contribution is -2.63. The van der Waals surface area contributed by atoms with E-state index >= 15 is 9.59 Å². The molecule has 0 rings (SSSR count). The van der Waals surface area contributed by atoms with Gasteiger partial charge in [-0.1, -0.05) is 130 Å². The van der Waals surface area contributed by atoms with E-state index in [4.69, 9.17) is 0 Å². The number of ketones is 1. The van der Waals surface area contributed by atoms with Crippen LogP contribution in [0.3, 0.4) is 0 Å². The second kappa shape index (κ2) is 38.7. The second-order valence-corrected chi connectivity index (χ2v) is 28.0. The number of likely N-dealkylation sites (N-methyl/N-ethyl adjacent to an activating group) is 6. The van der Waals surface area contributed by atoms with Gasteiger partial charge < -0.3 is 55.8 Å². The van der Waals surface area contributed by atoms with Crippen LogP contribution >= 0.6 is 0 Å². The highest BCUT2D eigenvalue weighted by atomic mass is 16.3. The van der Waals surface area contributed by atoms with E-state index in [0.717, 1.165) is 4.90 Å². The fourth-order valence-electron chi connectivity index (χ4n) is 11.1. The number of allylic oxidation sites excluding steroid dienone is 2. The van der Waals surface area contributed by atoms with Gasteiger partial charge in [-0.05, 0) is 120 Å². The van der Waals surface area contributed by atoms with Crippen molar-refractivity contribution in [2.75, 3.05) is 42.3 Å². The van der Waals surface area contributed by atoms with Gasteiger partial charge in [-0.3, -0.25) is 52.7 Å². The summed E-state index contributed by atoms with van der Waals surface area (Å²) in [6.07, 6.45) is 3.97. The van der Waals surface area contributed by atoms with Gasteiger partial charge in [0.15, 0.2) is 5.78 Å². The van der Waals surface area contributed by atoms with Gasteiger partial charge in [0.1, 0.15) is 54.4 Å². The number of nitrogens with zero attached hydrogens (tertiary/aromatic N) is 6. The Kier molecular flexibility index (Phi) is 36.1. The summed E-state index contributed by atoms with van der Waals surface area (Å²) in [4.78, 5) is 164. The molecule has 22 nitrogen and oxygen atoms in total. The maximum absolute atomic E-state index is 15.1. The van der Waals surface area contributed by atoms with Crippen LogP contribution in [-0.4, -0.2) is 208 Å². The molecule has 0 spiro atoms. The maximum Gasteiger partial charge on any atom is 0.246 e. The third-order valence-corrected chi connectivity index (χ3v) is 16.8. The monoisotopic (exact) mass is 1260 g/mol. The molecule has 0 radical (unpaired) electrons. The first-order chi connectivity index (χ1) is 40.9. The highest BCUT2D eigenvalue weighted by Crippen LogP contribution is 2.26. The molecule has 0 aromatic heterocycles. The average molecular weight is 1260 g/mol. The number of hydrogen-bond acceptors (Lipinski definition) is 12. The van der Waals surface area contributed by atoms with Crippen molar-refractivity contribution in [3.8, 4) is 0 Å². The van der Waals surface area contributed by atoms with Gasteiger partial charge in [-0.15, -0.1) is 0 Å². The molecule has 22 heteroatoms. The Labute approximate surface area is 535 Å². The predicted octanol–water partition coefficient (Wildman–Crippen LogP) is 6.07. The average Bonchev–Trinajstić information content (AvgIpc) is 1.12. The van der Waals surface area contributed by atoms with Crippen molar-refractivity contribution in [3.63, 3.8) is 0 Å². The van der Waals surface area contributed by atoms with Crippen LogP contribution in [0, 0.1) is 53.3 Å². The first-order valence-electron chi connectivity index (χ1n) is 32.6. The van der Waals surface area contributed by atoms with Crippen LogP contribution in [0.4, 0.5) is 0 Å². The van der Waals surface area contributed by atoms with E-state index in [9.17, 15) is 48.3 Å². The molecule has 5 unspecified atom stereocenters. The minimum absolute atomic E-state index is 0.00494. The molecule has 89 heavy (non-hydrogen) atoms. The van der Waals surface area contributed by atoms with Gasteiger partial charge in [-0.25, -0.2) is 0 Å². The molecule has 0 aromatic carbocycles. The smallest absolute Gasteiger partial charge is 0.246 e. The molecule has 13 atom stereocenters. The van der Waals surface area contributed by atoms with Gasteiger partial charge in [0, 0.05) is 48.2 Å². The maximum atomic E-state index is 15.1. The van der Waals surface area contributed by atoms with Crippen LogP contribution in [0.5, 0.6) is 0 Å². The van der Waals surface area contributed by atoms with Crippen molar-refractivity contribution in [2.24, 2.45) is 53.3 Å². The van der Waals surface area contributed by atoms with E-state index in [0.29, 0.717) is 19.3 Å². The zero-order chi connectivity index (χ0) is 69.6. The Balaban J connectivity index is 7.37. The lowest BCUT2D eigenvalue weighted by atomic mass is 9.91. The molecule has 10 amide bonds. The number of aliphatic hydroxyl groups is 1. The summed E-state index contributed by atoms with van der Waals surface area (Å²) in [6, 6.07) is -11.3. The van der Waals surface area contributed by atoms with Crippen LogP contribution in [0.25, 0.3) is 0 Å². The van der Waals surface area contributed by atoms with Gasteiger partial charge >= 0.3 is 0 Å². The van der Waals surface area contributed by atoms with Crippen molar-refractivity contribution >= 4 is 64.9 Å². The third kappa shape index (κ3) is 25.3. The highest BCUT2D eigenvalue weighted by molar-refractivity contribution is 5.99. The number of amides is 10. The number of carbonyl (C=O) groups excluding carboxylic acids is 11. The molecule has 0 saturated heterocycles. The number of carbonyl (C=O) groups is 11. The minimum atomic E-state index is -1.58. The lowest BCUT2D eigenvalue weighted by Gasteiger charge is -2.41. The molecule has 0 aliphatic carbocycles. The fraction of sp³-hybridized carbons (Fsp3) is 0.806. The topological polar surface area (TPSA) is 276 Å². The zero-order valence-corrected chi connectivity index (χ0v) is 59.8. The second-order valence-electron chi connectivity index (χ2n) is 28.0. The van der Waals surface area contributed by atoms with E-state index in [1.54, 1.807) is 54.7 Å². The largest absolute Gasteiger partial charge is 0.390 e. The van der Waals surface area contributed by atoms with E-state index in [1.165, 1.54) is 80.5 Å². The molecule has 0 aliphatic rings. The highest BCUT2D eigenvalue weighted by Gasteiger charge is 2.45. The number of hydrogen-bond donors (Lipinski definition) is 5. The Bertz CT molecular complexity index is 2370. The Morgan fingerprint density at radius 3 is 1.19 bits per heavy atom. The fourth-order valence-corrected chi connectivity index (χ4v) is 11.1. The van der Waals surface area contributed by atoms with Crippen LogP contribution < -0.4 is 21.3 Å². The molecule has 512 valence electrons. The quantitative estimate of drug-likeness (QED) is 0.0441. The summed E-state index contributed by atoms with van der Waals surface area (Å²) in [6.45, 7) is 37.7. The summed E-state index contributed by atoms with van der Waals surface area (Å²) in [7, 11) is 8.89. The summed E-state index contributed by atoms with van der Waals surface area (Å²) in [5.74, 6) is -8.15. The number of rotatable bonds is 38. The van der Waals surface area contributed by atoms with E-state index in [-0.39, 0.29) is 72.9 Å². The number of Topliss-reactive ketones (excluding diaryl/α,β-unsaturated/α-hetero) is 1. The van der Waals surface area contributed by atoms with Crippen molar-refractivity contribution in [2.45, 2.75) is 257 Å². The van der Waals surface area contributed by atoms with Crippen molar-refractivity contribution < 1.29 is 57.8 Å². The first-order valence-corrected chi connectivity index (χ1v) is 32.6. The Morgan fingerprint density at radius 2 is 0.787 bits per heavy atom. The summed E-state index contributed by atoms with van der Waals surface area (Å²) < 4.78 is 0. The Morgan fingerprint density at radius 1 is 0.404 bits per heavy atom. The standard InChI is InChI=1S/C67H122N10O12/c1-28-30-31-44(17)57(79)56(77(27)67(89)55(43(15)16)76(26)65(87)53(36-41(11)12)74(24)62(84)45(18)32-37(3)4)61(83)70-49(29-2)63(85)75(25)52(35-40(9)10)64(86)72(22)51(34-39(7)8)60(82)71-54(42(13)14)66(88)73(23)50(33-38(5)6)59(81)69-47(20)58(80)68-46(19)48(21)78/h28,30,37-47,49-57,79H,29,31-36H2,1-27H3,(H,68,80)(H,69,81)(H,70,83)(H,71,82)/b30-28-/t44-,45-,46+,47?,49?,50+,51+,52?,53+,54+,55?,56+,57?/m1/s1. The third-order valence-electron chi connectivity index (χ3n) is 16.8. The molecule has 0 fully saturated rings. The van der Waals surface area contributed by atoms with E-state index in [2.05, 4.69) is 21.3 Å². The first kappa shape index (κ1) is 83.1. The summed E-state index contributed by atoms with van der Waals surface area (Å²) in [5, 5.41) is 23.1. The van der Waals surface area contributed by atoms with Crippen LogP contribution in [0.1, 0.15) is 190 Å². The molecule has 0 heterocycles. The molecular formula is C67H122N10O12. The minimum Gasteiger partial charge on any atom is -0.390 e. The molecule has 0 aliphatic heterocycles. The van der Waals surface area contributed by atoms with Gasteiger partial charge in [-0.2, -0.15) is 0 Å². The van der Waals surface area contributed by atoms with Crippen LogP contribution in [-0.2, 0) is 52.7 Å². The zero-order valence-electron chi connectivity index (χ0n) is 59.8. The van der Waals surface area contributed by atoms with Gasteiger partial charge in [0.05, 0.1) is 12.1 Å². The summed E-state index contributed by atoms with van der Waals surface area (Å²) >= 11 is 0. The lowest BCUT2D eigenvalue weighted by molar-refractivity contribution is -0.156. The summed E-state index contributed by atoms with van der Waals surface area (Å²) in [5.41, 5.74) is 0. The normalized spacial score (nSPS) is 16.3. The SMILES string of the molecule is C/C=C\C[C@@H](C)C(O)[C@@H](C(=O)NC(CC)C(=O)N(C)C(CC(C)C)C(=O)N(C)[C@@H](CC(C)C)C(=O)N[C@H](C(=O)N(C)[C@@H](CC(C)C)C(=O)NC(C)C(=O)N[C@@H](C)C(C)=O)C(C)C)N(C)C(=O)C(C(C)C)N(C)C(=O)[C@H](CC(C)C)N(C)C(=O)[C@H](C)CC(C)C. The predicted molar refractivity (Wildman–Crippen MR) is 350 cm³/mol. The van der Waals surface area contributed by atoms with Crippen molar-refractivity contribution in [3.05, 3.63) is 12.2 Å². The van der Waals surface area contributed by atoms with Crippen LogP contribution in [0.15, 0.2) is 12.2 Å². The number of aliphatic hydroxyl groups excluding tert-OH is 1. The molecule has 0 saturated carbocycles. The van der Waals surface area contributed by atoms with Crippen molar-refractivity contribution in [1.82, 2.24) is 50.7 Å². The van der Waals surface area contributed by atoms with Crippen LogP contribution in [0.2, 0.25) is 0 Å². The van der Waals surface area contributed by atoms with E-state index in [1.807, 2.05) is 89.2 Å². The Hall–Kier alpha value is -5.93. The van der Waals surface area contributed by atoms with Crippen molar-refractivity contribution in [1.29, 1.82) is 0 Å². The number of nitrogens with one attached hydrogen (secondary N) is 4. The molecule has 5 N–H and O–H groups in total. The van der Waals surface area contributed by atoms with Gasteiger partial charge in [0.25, 0.3) is 0 Å².